The van der Waals surface area contributed by atoms with Gasteiger partial charge in [-0.25, -0.2) is 0 Å². The fourth-order valence-electron chi connectivity index (χ4n) is 2.52. The number of allylic oxidation sites excluding steroid dienone is 1. The summed E-state index contributed by atoms with van der Waals surface area (Å²) >= 11 is 0. The van der Waals surface area contributed by atoms with Crippen LogP contribution in [0.4, 0.5) is 0 Å². The van der Waals surface area contributed by atoms with E-state index in [4.69, 9.17) is 9.84 Å². The minimum absolute atomic E-state index is 0.0182. The smallest absolute Gasteiger partial charge is 0.303 e. The maximum Gasteiger partial charge on any atom is 0.303 e. The maximum absolute atomic E-state index is 11.8. The highest BCUT2D eigenvalue weighted by Crippen LogP contribution is 2.26. The molecule has 126 valence electrons. The van der Waals surface area contributed by atoms with Crippen LogP contribution in [-0.4, -0.2) is 29.1 Å². The Balaban J connectivity index is 1.93. The number of carboxylic acid groups (broad SMARTS) is 1. The van der Waals surface area contributed by atoms with E-state index in [0.29, 0.717) is 6.42 Å². The predicted molar refractivity (Wildman–Crippen MR) is 86.9 cm³/mol. The Morgan fingerprint density at radius 1 is 1.00 bits per heavy atom. The summed E-state index contributed by atoms with van der Waals surface area (Å²) in [5.74, 6) is -0.451. The topological polar surface area (TPSA) is 66.9 Å². The van der Waals surface area contributed by atoms with Gasteiger partial charge in [0, 0.05) is 12.8 Å². The van der Waals surface area contributed by atoms with Gasteiger partial charge in [0.2, 0.25) is 0 Å². The lowest BCUT2D eigenvalue weighted by atomic mass is 10.1. The standard InChI is InChI=1S/C18H30O4/c1-2-3-9-12-15(19)18-16(22-18)13-10-7-5-4-6-8-11-14-17(20)21/h10,13,16,18H,2-9,11-12,14H2,1H3,(H,20,21)/b13-10+. The third-order valence-corrected chi connectivity index (χ3v) is 3.96. The number of aliphatic carboxylic acids is 1. The van der Waals surface area contributed by atoms with Crippen molar-refractivity contribution in [1.29, 1.82) is 0 Å². The molecule has 2 unspecified atom stereocenters. The lowest BCUT2D eigenvalue weighted by molar-refractivity contribution is -0.137. The highest BCUT2D eigenvalue weighted by atomic mass is 16.6. The number of unbranched alkanes of at least 4 members (excludes halogenated alkanes) is 7. The fourth-order valence-corrected chi connectivity index (χ4v) is 2.52. The zero-order valence-electron chi connectivity index (χ0n) is 13.8. The molecule has 4 heteroatoms. The zero-order valence-corrected chi connectivity index (χ0v) is 13.8. The van der Waals surface area contributed by atoms with Gasteiger partial charge in [-0.3, -0.25) is 9.59 Å². The number of Topliss-reactive ketones (excluding diaryl/α,β-unsaturated/α-hetero) is 1. The van der Waals surface area contributed by atoms with Crippen LogP contribution in [0.1, 0.15) is 77.6 Å². The molecule has 1 N–H and O–H groups in total. The van der Waals surface area contributed by atoms with Crippen LogP contribution in [0.25, 0.3) is 0 Å². The summed E-state index contributed by atoms with van der Waals surface area (Å²) in [4.78, 5) is 22.1. The molecule has 0 amide bonds. The van der Waals surface area contributed by atoms with Gasteiger partial charge in [0.15, 0.2) is 5.78 Å². The van der Waals surface area contributed by atoms with E-state index in [9.17, 15) is 9.59 Å². The van der Waals surface area contributed by atoms with E-state index in [-0.39, 0.29) is 24.4 Å². The van der Waals surface area contributed by atoms with Crippen molar-refractivity contribution >= 4 is 11.8 Å². The molecule has 0 aliphatic carbocycles. The Hall–Kier alpha value is -1.16. The van der Waals surface area contributed by atoms with Crippen molar-refractivity contribution < 1.29 is 19.4 Å². The lowest BCUT2D eigenvalue weighted by Crippen LogP contribution is -2.08. The van der Waals surface area contributed by atoms with E-state index in [2.05, 4.69) is 13.0 Å². The van der Waals surface area contributed by atoms with Crippen molar-refractivity contribution in [3.8, 4) is 0 Å². The molecule has 1 aliphatic heterocycles. The first-order valence-corrected chi connectivity index (χ1v) is 8.71. The van der Waals surface area contributed by atoms with Crippen molar-refractivity contribution in [3.05, 3.63) is 12.2 Å². The van der Waals surface area contributed by atoms with E-state index in [1.807, 2.05) is 6.08 Å². The SMILES string of the molecule is CCCCCC(=O)C1OC1/C=C/CCCCCCCC(=O)O. The van der Waals surface area contributed by atoms with Crippen molar-refractivity contribution in [1.82, 2.24) is 0 Å². The average molecular weight is 310 g/mol. The summed E-state index contributed by atoms with van der Waals surface area (Å²) in [6, 6.07) is 0. The number of carboxylic acids is 1. The third kappa shape index (κ3) is 8.98. The number of hydrogen-bond acceptors (Lipinski definition) is 3. The monoisotopic (exact) mass is 310 g/mol. The number of ketones is 1. The second kappa shape index (κ2) is 11.4. The van der Waals surface area contributed by atoms with E-state index in [1.165, 1.54) is 0 Å². The molecule has 0 aromatic heterocycles. The number of rotatable bonds is 14. The Morgan fingerprint density at radius 2 is 1.68 bits per heavy atom. The van der Waals surface area contributed by atoms with Gasteiger partial charge >= 0.3 is 5.97 Å². The quantitative estimate of drug-likeness (QED) is 0.295. The van der Waals surface area contributed by atoms with Crippen LogP contribution in [0.5, 0.6) is 0 Å². The van der Waals surface area contributed by atoms with Crippen LogP contribution in [-0.2, 0) is 14.3 Å². The summed E-state index contributed by atoms with van der Waals surface area (Å²) in [5, 5.41) is 8.52. The van der Waals surface area contributed by atoms with Crippen LogP contribution < -0.4 is 0 Å². The molecule has 0 aromatic rings. The van der Waals surface area contributed by atoms with Gasteiger partial charge in [-0.15, -0.1) is 0 Å². The molecule has 0 aromatic carbocycles. The van der Waals surface area contributed by atoms with E-state index >= 15 is 0 Å². The Morgan fingerprint density at radius 3 is 2.41 bits per heavy atom. The molecule has 4 nitrogen and oxygen atoms in total. The van der Waals surface area contributed by atoms with Crippen LogP contribution in [0.3, 0.4) is 0 Å². The average Bonchev–Trinajstić information content (AvgIpc) is 3.25. The lowest BCUT2D eigenvalue weighted by Gasteiger charge is -1.98. The highest BCUT2D eigenvalue weighted by Gasteiger charge is 2.41. The molecule has 2 atom stereocenters. The maximum atomic E-state index is 11.8. The molecular formula is C18H30O4. The highest BCUT2D eigenvalue weighted by molar-refractivity contribution is 5.86. The molecule has 1 heterocycles. The van der Waals surface area contributed by atoms with E-state index < -0.39 is 5.97 Å². The van der Waals surface area contributed by atoms with Gasteiger partial charge in [0.25, 0.3) is 0 Å². The summed E-state index contributed by atoms with van der Waals surface area (Å²) in [7, 11) is 0. The van der Waals surface area contributed by atoms with Gasteiger partial charge in [0.05, 0.1) is 0 Å². The zero-order chi connectivity index (χ0) is 16.2. The Labute approximate surface area is 133 Å². The molecular weight excluding hydrogens is 280 g/mol. The van der Waals surface area contributed by atoms with Crippen LogP contribution in [0.2, 0.25) is 0 Å². The summed E-state index contributed by atoms with van der Waals surface area (Å²) in [6.07, 6.45) is 14.3. The van der Waals surface area contributed by atoms with Gasteiger partial charge in [-0.05, 0) is 25.7 Å². The normalized spacial score (nSPS) is 20.4. The minimum Gasteiger partial charge on any atom is -0.481 e. The van der Waals surface area contributed by atoms with Gasteiger partial charge in [0.1, 0.15) is 12.2 Å². The Bertz CT molecular complexity index is 362. The van der Waals surface area contributed by atoms with Crippen molar-refractivity contribution in [3.63, 3.8) is 0 Å². The van der Waals surface area contributed by atoms with Gasteiger partial charge in [-0.1, -0.05) is 51.2 Å². The molecule has 1 rings (SSSR count). The second-order valence-corrected chi connectivity index (χ2v) is 6.07. The molecule has 1 aliphatic rings. The van der Waals surface area contributed by atoms with Crippen molar-refractivity contribution in [2.75, 3.05) is 0 Å². The van der Waals surface area contributed by atoms with Crippen LogP contribution in [0, 0.1) is 0 Å². The fraction of sp³-hybridized carbons (Fsp3) is 0.778. The summed E-state index contributed by atoms with van der Waals surface area (Å²) in [6.45, 7) is 2.13. The molecule has 22 heavy (non-hydrogen) atoms. The molecule has 0 saturated carbocycles. The van der Waals surface area contributed by atoms with Crippen LogP contribution in [0.15, 0.2) is 12.2 Å². The number of hydrogen-bond donors (Lipinski definition) is 1. The Kier molecular flexibility index (Phi) is 9.80. The first kappa shape index (κ1) is 18.9. The first-order valence-electron chi connectivity index (χ1n) is 8.71. The number of ether oxygens (including phenoxy) is 1. The third-order valence-electron chi connectivity index (χ3n) is 3.96. The number of epoxide rings is 1. The van der Waals surface area contributed by atoms with Crippen molar-refractivity contribution in [2.45, 2.75) is 89.8 Å². The minimum atomic E-state index is -0.703. The van der Waals surface area contributed by atoms with Gasteiger partial charge in [-0.2, -0.15) is 0 Å². The second-order valence-electron chi connectivity index (χ2n) is 6.07. The van der Waals surface area contributed by atoms with E-state index in [0.717, 1.165) is 57.8 Å². The number of carbonyl (C=O) groups is 2. The summed E-state index contributed by atoms with van der Waals surface area (Å²) < 4.78 is 5.40. The number of carbonyl (C=O) groups excluding carboxylic acids is 1. The first-order chi connectivity index (χ1) is 10.6. The largest absolute Gasteiger partial charge is 0.481 e. The molecule has 0 spiro atoms. The van der Waals surface area contributed by atoms with Gasteiger partial charge < -0.3 is 9.84 Å². The van der Waals surface area contributed by atoms with Crippen molar-refractivity contribution in [2.24, 2.45) is 0 Å². The predicted octanol–water partition coefficient (Wildman–Crippen LogP) is 4.27. The molecule has 0 bridgehead atoms. The van der Waals surface area contributed by atoms with Crippen LogP contribution >= 0.6 is 0 Å². The molecule has 1 saturated heterocycles. The molecule has 0 radical (unpaired) electrons. The molecule has 1 fully saturated rings. The van der Waals surface area contributed by atoms with E-state index in [1.54, 1.807) is 0 Å². The summed E-state index contributed by atoms with van der Waals surface area (Å²) in [5.41, 5.74) is 0.